The van der Waals surface area contributed by atoms with Gasteiger partial charge in [0.1, 0.15) is 6.54 Å². The molecule has 164 valence electrons. The normalized spacial score (nSPS) is 15.7. The third kappa shape index (κ3) is 8.90. The summed E-state index contributed by atoms with van der Waals surface area (Å²) >= 11 is 0. The van der Waals surface area contributed by atoms with Gasteiger partial charge in [-0.05, 0) is 51.7 Å². The lowest BCUT2D eigenvalue weighted by Crippen LogP contribution is -2.48. The first-order valence-corrected chi connectivity index (χ1v) is 10.5. The van der Waals surface area contributed by atoms with Crippen molar-refractivity contribution in [2.75, 3.05) is 26.2 Å². The van der Waals surface area contributed by atoms with Crippen LogP contribution in [0.25, 0.3) is 0 Å². The summed E-state index contributed by atoms with van der Waals surface area (Å²) in [5.74, 6) is 0.631. The number of nitrogens with zero attached hydrogens (tertiary/aromatic N) is 2. The average Bonchev–Trinajstić information content (AvgIpc) is 2.65. The van der Waals surface area contributed by atoms with E-state index < -0.39 is 0 Å². The maximum Gasteiger partial charge on any atom is 0.242 e. The fraction of sp³-hybridized carbons (Fsp3) is 0.636. The smallest absolute Gasteiger partial charge is 0.242 e. The maximum absolute atomic E-state index is 12.0. The minimum Gasteiger partial charge on any atom is -0.357 e. The van der Waals surface area contributed by atoms with Gasteiger partial charge in [-0.15, -0.1) is 24.0 Å². The summed E-state index contributed by atoms with van der Waals surface area (Å²) in [6, 6.07) is 9.16. The molecular formula is C22H38IN5O. The summed E-state index contributed by atoms with van der Waals surface area (Å²) in [7, 11) is 0. The van der Waals surface area contributed by atoms with E-state index in [4.69, 9.17) is 0 Å². The monoisotopic (exact) mass is 515 g/mol. The number of aliphatic imine (C=N–C) groups is 1. The van der Waals surface area contributed by atoms with Crippen molar-refractivity contribution in [3.05, 3.63) is 35.4 Å². The molecular weight excluding hydrogens is 477 g/mol. The zero-order valence-corrected chi connectivity index (χ0v) is 20.9. The number of benzene rings is 1. The molecule has 0 bridgehead atoms. The zero-order valence-electron chi connectivity index (χ0n) is 18.5. The first-order valence-electron chi connectivity index (χ1n) is 10.5. The molecule has 1 amide bonds. The van der Waals surface area contributed by atoms with E-state index in [-0.39, 0.29) is 42.0 Å². The van der Waals surface area contributed by atoms with Gasteiger partial charge in [-0.3, -0.25) is 9.69 Å². The summed E-state index contributed by atoms with van der Waals surface area (Å²) < 4.78 is 0. The fourth-order valence-corrected chi connectivity index (χ4v) is 3.53. The van der Waals surface area contributed by atoms with Gasteiger partial charge in [-0.2, -0.15) is 0 Å². The molecule has 1 unspecified atom stereocenters. The molecule has 2 rings (SSSR count). The van der Waals surface area contributed by atoms with Gasteiger partial charge in [0.25, 0.3) is 0 Å². The summed E-state index contributed by atoms with van der Waals surface area (Å²) in [5, 5.41) is 9.61. The van der Waals surface area contributed by atoms with Crippen molar-refractivity contribution in [1.29, 1.82) is 0 Å². The Kier molecular flexibility index (Phi) is 11.0. The van der Waals surface area contributed by atoms with E-state index in [2.05, 4.69) is 57.0 Å². The van der Waals surface area contributed by atoms with Crippen LogP contribution in [0.2, 0.25) is 0 Å². The van der Waals surface area contributed by atoms with Crippen molar-refractivity contribution >= 4 is 35.8 Å². The van der Waals surface area contributed by atoms with E-state index in [1.165, 1.54) is 11.1 Å². The van der Waals surface area contributed by atoms with Crippen LogP contribution in [-0.2, 0) is 17.8 Å². The molecule has 7 heteroatoms. The molecule has 0 fully saturated rings. The van der Waals surface area contributed by atoms with Crippen LogP contribution in [0.4, 0.5) is 0 Å². The summed E-state index contributed by atoms with van der Waals surface area (Å²) in [6.45, 7) is 14.0. The van der Waals surface area contributed by atoms with Crippen LogP contribution in [0.1, 0.15) is 52.2 Å². The first-order chi connectivity index (χ1) is 13.3. The second-order valence-electron chi connectivity index (χ2n) is 8.43. The van der Waals surface area contributed by atoms with Crippen molar-refractivity contribution in [2.24, 2.45) is 4.99 Å². The van der Waals surface area contributed by atoms with E-state index in [0.717, 1.165) is 39.0 Å². The third-order valence-corrected chi connectivity index (χ3v) is 4.89. The highest BCUT2D eigenvalue weighted by Gasteiger charge is 2.22. The van der Waals surface area contributed by atoms with Crippen LogP contribution in [0.5, 0.6) is 0 Å². The highest BCUT2D eigenvalue weighted by Crippen LogP contribution is 2.21. The van der Waals surface area contributed by atoms with Crippen molar-refractivity contribution in [3.8, 4) is 0 Å². The standard InChI is InChI=1S/C22H37N5O.HI/c1-6-19(27-13-12-17-10-8-9-11-18(17)16-27)14-24-21(23-7-2)25-15-20(28)26-22(3,4)5;/h8-11,19H,6-7,12-16H2,1-5H3,(H,26,28)(H2,23,24,25);1H. The van der Waals surface area contributed by atoms with Crippen LogP contribution in [-0.4, -0.2) is 54.5 Å². The minimum atomic E-state index is -0.240. The predicted molar refractivity (Wildman–Crippen MR) is 132 cm³/mol. The number of halogens is 1. The zero-order chi connectivity index (χ0) is 20.6. The second-order valence-corrected chi connectivity index (χ2v) is 8.43. The number of nitrogens with one attached hydrogen (secondary N) is 3. The Morgan fingerprint density at radius 1 is 1.17 bits per heavy atom. The third-order valence-electron chi connectivity index (χ3n) is 4.89. The number of rotatable bonds is 7. The Morgan fingerprint density at radius 3 is 2.48 bits per heavy atom. The van der Waals surface area contributed by atoms with E-state index >= 15 is 0 Å². The Labute approximate surface area is 193 Å². The van der Waals surface area contributed by atoms with E-state index in [1.807, 2.05) is 27.7 Å². The predicted octanol–water partition coefficient (Wildman–Crippen LogP) is 2.91. The molecule has 1 aliphatic heterocycles. The first kappa shape index (κ1) is 25.7. The Balaban J connectivity index is 0.00000420. The Bertz CT molecular complexity index is 671. The quantitative estimate of drug-likeness (QED) is 0.297. The summed E-state index contributed by atoms with van der Waals surface area (Å²) in [4.78, 5) is 19.0. The molecule has 0 aliphatic carbocycles. The molecule has 0 saturated heterocycles. The molecule has 3 N–H and O–H groups in total. The van der Waals surface area contributed by atoms with Gasteiger partial charge < -0.3 is 16.0 Å². The molecule has 6 nitrogen and oxygen atoms in total. The Morgan fingerprint density at radius 2 is 1.86 bits per heavy atom. The average molecular weight is 515 g/mol. The van der Waals surface area contributed by atoms with Crippen LogP contribution in [0, 0.1) is 0 Å². The largest absolute Gasteiger partial charge is 0.357 e. The fourth-order valence-electron chi connectivity index (χ4n) is 3.53. The van der Waals surface area contributed by atoms with Gasteiger partial charge in [0.2, 0.25) is 5.91 Å². The molecule has 0 aromatic heterocycles. The van der Waals surface area contributed by atoms with Crippen LogP contribution in [0.3, 0.4) is 0 Å². The number of fused-ring (bicyclic) bond motifs is 1. The second kappa shape index (κ2) is 12.4. The number of amides is 1. The lowest BCUT2D eigenvalue weighted by molar-refractivity contribution is -0.121. The van der Waals surface area contributed by atoms with Crippen LogP contribution >= 0.6 is 24.0 Å². The number of hydrogen-bond donors (Lipinski definition) is 3. The lowest BCUT2D eigenvalue weighted by Gasteiger charge is -2.35. The van der Waals surface area contributed by atoms with Crippen LogP contribution < -0.4 is 16.0 Å². The Hall–Kier alpha value is -1.35. The van der Waals surface area contributed by atoms with Gasteiger partial charge in [-0.1, -0.05) is 31.2 Å². The minimum absolute atomic E-state index is 0. The van der Waals surface area contributed by atoms with E-state index in [0.29, 0.717) is 12.0 Å². The van der Waals surface area contributed by atoms with Gasteiger partial charge in [0, 0.05) is 37.8 Å². The molecule has 1 atom stereocenters. The van der Waals surface area contributed by atoms with Crippen molar-refractivity contribution in [2.45, 2.75) is 65.6 Å². The molecule has 1 aromatic rings. The topological polar surface area (TPSA) is 68.8 Å². The van der Waals surface area contributed by atoms with E-state index in [9.17, 15) is 4.79 Å². The summed E-state index contributed by atoms with van der Waals surface area (Å²) in [6.07, 6.45) is 2.17. The maximum atomic E-state index is 12.0. The number of guanidine groups is 1. The molecule has 0 spiro atoms. The number of hydrogen-bond acceptors (Lipinski definition) is 3. The molecule has 0 radical (unpaired) electrons. The van der Waals surface area contributed by atoms with Crippen LogP contribution in [0.15, 0.2) is 29.3 Å². The van der Waals surface area contributed by atoms with Crippen molar-refractivity contribution in [3.63, 3.8) is 0 Å². The molecule has 0 saturated carbocycles. The van der Waals surface area contributed by atoms with Crippen molar-refractivity contribution in [1.82, 2.24) is 20.9 Å². The van der Waals surface area contributed by atoms with Gasteiger partial charge >= 0.3 is 0 Å². The molecule has 1 aromatic carbocycles. The number of carbonyl (C=O) groups excluding carboxylic acids is 1. The summed E-state index contributed by atoms with van der Waals surface area (Å²) in [5.41, 5.74) is 2.67. The number of carbonyl (C=O) groups is 1. The van der Waals surface area contributed by atoms with Gasteiger partial charge in [-0.25, -0.2) is 4.99 Å². The molecule has 29 heavy (non-hydrogen) atoms. The van der Waals surface area contributed by atoms with Crippen molar-refractivity contribution < 1.29 is 4.79 Å². The highest BCUT2D eigenvalue weighted by molar-refractivity contribution is 14.0. The SMILES string of the molecule is CCNC(=NCC(=O)NC(C)(C)C)NCC(CC)N1CCc2ccccc2C1.I. The highest BCUT2D eigenvalue weighted by atomic mass is 127. The van der Waals surface area contributed by atoms with E-state index in [1.54, 1.807) is 0 Å². The van der Waals surface area contributed by atoms with Gasteiger partial charge in [0.05, 0.1) is 0 Å². The van der Waals surface area contributed by atoms with Gasteiger partial charge in [0.15, 0.2) is 5.96 Å². The molecule has 1 aliphatic rings. The molecule has 1 heterocycles. The lowest BCUT2D eigenvalue weighted by atomic mass is 9.98.